The van der Waals surface area contributed by atoms with Gasteiger partial charge in [-0.3, -0.25) is 0 Å². The highest BCUT2D eigenvalue weighted by atomic mass is 79.9. The van der Waals surface area contributed by atoms with E-state index in [2.05, 4.69) is 118 Å². The molecule has 146 valence electrons. The summed E-state index contributed by atoms with van der Waals surface area (Å²) in [5.41, 5.74) is 10.3. The Morgan fingerprint density at radius 2 is 1.32 bits per heavy atom. The van der Waals surface area contributed by atoms with E-state index in [9.17, 15) is 0 Å². The van der Waals surface area contributed by atoms with Crippen molar-refractivity contribution in [1.82, 2.24) is 4.57 Å². The molecule has 0 atom stereocenters. The first-order valence-electron chi connectivity index (χ1n) is 10.6. The first kappa shape index (κ1) is 17.3. The molecule has 0 aliphatic heterocycles. The summed E-state index contributed by atoms with van der Waals surface area (Å²) in [6, 6.07) is 33.4. The van der Waals surface area contributed by atoms with Gasteiger partial charge in [-0.05, 0) is 76.3 Å². The molecule has 1 heterocycles. The lowest BCUT2D eigenvalue weighted by molar-refractivity contribution is 1.18. The maximum absolute atomic E-state index is 3.71. The quantitative estimate of drug-likeness (QED) is 0.231. The molecular formula is C29H18BrN. The minimum atomic E-state index is 1.11. The maximum atomic E-state index is 3.71. The van der Waals surface area contributed by atoms with Crippen LogP contribution < -0.4 is 0 Å². The molecule has 31 heavy (non-hydrogen) atoms. The van der Waals surface area contributed by atoms with Crippen LogP contribution in [0.2, 0.25) is 0 Å². The van der Waals surface area contributed by atoms with Gasteiger partial charge in [-0.1, -0.05) is 76.1 Å². The maximum Gasteiger partial charge on any atom is 0.0553 e. The molecule has 0 saturated heterocycles. The van der Waals surface area contributed by atoms with E-state index in [0.717, 1.165) is 4.47 Å². The van der Waals surface area contributed by atoms with Gasteiger partial charge in [0.2, 0.25) is 0 Å². The van der Waals surface area contributed by atoms with E-state index in [1.165, 1.54) is 66.1 Å². The van der Waals surface area contributed by atoms with Crippen molar-refractivity contribution in [2.75, 3.05) is 0 Å². The van der Waals surface area contributed by atoms with E-state index in [0.29, 0.717) is 0 Å². The molecule has 5 aromatic carbocycles. The summed E-state index contributed by atoms with van der Waals surface area (Å²) in [5.74, 6) is 0. The minimum absolute atomic E-state index is 1.11. The molecular weight excluding hydrogens is 442 g/mol. The number of benzene rings is 5. The Labute approximate surface area is 188 Å². The van der Waals surface area contributed by atoms with Crippen LogP contribution in [0.15, 0.2) is 95.5 Å². The Bertz CT molecular complexity index is 1690. The third-order valence-corrected chi connectivity index (χ3v) is 7.14. The van der Waals surface area contributed by atoms with E-state index in [1.807, 2.05) is 0 Å². The zero-order valence-electron chi connectivity index (χ0n) is 17.0. The van der Waals surface area contributed by atoms with Gasteiger partial charge in [0.05, 0.1) is 11.0 Å². The second kappa shape index (κ2) is 6.09. The zero-order valence-corrected chi connectivity index (χ0v) is 18.6. The standard InChI is InChI=1S/C29H18BrN/c1-17-9-12-19(13-10-17)31-26-14-11-18(30)15-25(26)29-23-8-4-7-22-20-5-2-3-6-21(20)24(28(22)23)16-27(29)31/h2-16H,1H3. The van der Waals surface area contributed by atoms with Crippen molar-refractivity contribution in [3.8, 4) is 27.9 Å². The van der Waals surface area contributed by atoms with E-state index in [4.69, 9.17) is 0 Å². The lowest BCUT2D eigenvalue weighted by Crippen LogP contribution is -1.94. The SMILES string of the molecule is Cc1ccc(-n2c3ccc(Br)cc3c3c4cccc5c4c(cc32)-c2ccccc2-5)cc1. The fraction of sp³-hybridized carbons (Fsp3) is 0.0345. The van der Waals surface area contributed by atoms with Gasteiger partial charge in [-0.15, -0.1) is 0 Å². The van der Waals surface area contributed by atoms with Crippen molar-refractivity contribution in [2.24, 2.45) is 0 Å². The van der Waals surface area contributed by atoms with E-state index < -0.39 is 0 Å². The van der Waals surface area contributed by atoms with Gasteiger partial charge in [0, 0.05) is 20.9 Å². The third kappa shape index (κ3) is 2.26. The van der Waals surface area contributed by atoms with Gasteiger partial charge in [0.1, 0.15) is 0 Å². The lowest BCUT2D eigenvalue weighted by Gasteiger charge is -2.10. The molecule has 0 spiro atoms. The van der Waals surface area contributed by atoms with Crippen LogP contribution >= 0.6 is 15.9 Å². The zero-order chi connectivity index (χ0) is 20.7. The largest absolute Gasteiger partial charge is 0.309 e. The van der Waals surface area contributed by atoms with Crippen LogP contribution in [0.4, 0.5) is 0 Å². The van der Waals surface area contributed by atoms with E-state index in [1.54, 1.807) is 0 Å². The topological polar surface area (TPSA) is 4.93 Å². The van der Waals surface area contributed by atoms with E-state index >= 15 is 0 Å². The van der Waals surface area contributed by atoms with Crippen molar-refractivity contribution >= 4 is 48.5 Å². The fourth-order valence-corrected chi connectivity index (χ4v) is 5.69. The molecule has 0 fully saturated rings. The van der Waals surface area contributed by atoms with E-state index in [-0.39, 0.29) is 0 Å². The summed E-state index contributed by atoms with van der Waals surface area (Å²) < 4.78 is 3.52. The first-order chi connectivity index (χ1) is 15.2. The highest BCUT2D eigenvalue weighted by molar-refractivity contribution is 9.10. The van der Waals surface area contributed by atoms with Gasteiger partial charge in [0.15, 0.2) is 0 Å². The Hall–Kier alpha value is -3.36. The van der Waals surface area contributed by atoms with Crippen LogP contribution in [0.3, 0.4) is 0 Å². The van der Waals surface area contributed by atoms with Crippen molar-refractivity contribution in [3.05, 3.63) is 101 Å². The van der Waals surface area contributed by atoms with Crippen molar-refractivity contribution in [2.45, 2.75) is 6.92 Å². The normalized spacial score (nSPS) is 12.2. The minimum Gasteiger partial charge on any atom is -0.309 e. The predicted molar refractivity (Wildman–Crippen MR) is 135 cm³/mol. The summed E-state index contributed by atoms with van der Waals surface area (Å²) in [6.07, 6.45) is 0. The summed E-state index contributed by atoms with van der Waals surface area (Å²) >= 11 is 3.71. The lowest BCUT2D eigenvalue weighted by atomic mass is 9.98. The Morgan fingerprint density at radius 1 is 0.581 bits per heavy atom. The smallest absolute Gasteiger partial charge is 0.0553 e. The summed E-state index contributed by atoms with van der Waals surface area (Å²) in [4.78, 5) is 0. The molecule has 1 nitrogen and oxygen atoms in total. The number of aryl methyl sites for hydroxylation is 1. The summed E-state index contributed by atoms with van der Waals surface area (Å²) in [5, 5.41) is 5.31. The average Bonchev–Trinajstić information content (AvgIpc) is 3.29. The van der Waals surface area contributed by atoms with Crippen LogP contribution in [0, 0.1) is 6.92 Å². The number of aromatic nitrogens is 1. The average molecular weight is 460 g/mol. The highest BCUT2D eigenvalue weighted by Crippen LogP contribution is 2.51. The van der Waals surface area contributed by atoms with Crippen molar-refractivity contribution in [3.63, 3.8) is 0 Å². The summed E-state index contributed by atoms with van der Waals surface area (Å²) in [6.45, 7) is 2.14. The van der Waals surface area contributed by atoms with Crippen LogP contribution in [0.1, 0.15) is 5.56 Å². The molecule has 0 unspecified atom stereocenters. The number of halogens is 1. The first-order valence-corrected chi connectivity index (χ1v) is 11.4. The number of nitrogens with zero attached hydrogens (tertiary/aromatic N) is 1. The molecule has 0 N–H and O–H groups in total. The molecule has 1 aromatic heterocycles. The Morgan fingerprint density at radius 3 is 2.13 bits per heavy atom. The number of hydrogen-bond donors (Lipinski definition) is 0. The Balaban J connectivity index is 1.74. The second-order valence-electron chi connectivity index (χ2n) is 8.42. The molecule has 0 saturated carbocycles. The molecule has 0 bridgehead atoms. The number of fused-ring (bicyclic) bond motifs is 7. The van der Waals surface area contributed by atoms with Crippen molar-refractivity contribution in [1.29, 1.82) is 0 Å². The fourth-order valence-electron chi connectivity index (χ4n) is 5.32. The molecule has 0 amide bonds. The molecule has 7 rings (SSSR count). The molecule has 2 heteroatoms. The van der Waals surface area contributed by atoms with Crippen LogP contribution in [0.5, 0.6) is 0 Å². The van der Waals surface area contributed by atoms with Crippen LogP contribution in [-0.2, 0) is 0 Å². The molecule has 1 aliphatic carbocycles. The van der Waals surface area contributed by atoms with Crippen LogP contribution in [0.25, 0.3) is 60.5 Å². The second-order valence-corrected chi connectivity index (χ2v) is 9.34. The van der Waals surface area contributed by atoms with Gasteiger partial charge in [0.25, 0.3) is 0 Å². The van der Waals surface area contributed by atoms with Gasteiger partial charge in [-0.2, -0.15) is 0 Å². The molecule has 1 aliphatic rings. The van der Waals surface area contributed by atoms with Gasteiger partial charge in [-0.25, -0.2) is 0 Å². The Kier molecular flexibility index (Phi) is 3.40. The van der Waals surface area contributed by atoms with Gasteiger partial charge < -0.3 is 4.57 Å². The van der Waals surface area contributed by atoms with Gasteiger partial charge >= 0.3 is 0 Å². The van der Waals surface area contributed by atoms with Crippen molar-refractivity contribution < 1.29 is 0 Å². The number of rotatable bonds is 1. The third-order valence-electron chi connectivity index (χ3n) is 6.65. The predicted octanol–water partition coefficient (Wildman–Crippen LogP) is 8.66. The monoisotopic (exact) mass is 459 g/mol. The molecule has 6 aromatic rings. The highest BCUT2D eigenvalue weighted by Gasteiger charge is 2.25. The van der Waals surface area contributed by atoms with Crippen LogP contribution in [-0.4, -0.2) is 4.57 Å². The number of hydrogen-bond acceptors (Lipinski definition) is 0. The molecule has 0 radical (unpaired) electrons. The summed E-state index contributed by atoms with van der Waals surface area (Å²) in [7, 11) is 0.